The fraction of sp³-hybridized carbons (Fsp3) is 0.333. The van der Waals surface area contributed by atoms with E-state index >= 15 is 0 Å². The maximum Gasteiger partial charge on any atom is 0.255 e. The van der Waals surface area contributed by atoms with Crippen molar-refractivity contribution < 1.29 is 9.53 Å². The maximum absolute atomic E-state index is 12.5. The Morgan fingerprint density at radius 2 is 2.15 bits per heavy atom. The average Bonchev–Trinajstić information content (AvgIpc) is 3.13. The van der Waals surface area contributed by atoms with Gasteiger partial charge in [0.05, 0.1) is 35.7 Å². The molecule has 1 aromatic heterocycles. The van der Waals surface area contributed by atoms with Crippen LogP contribution >= 0.6 is 0 Å². The molecule has 0 unspecified atom stereocenters. The van der Waals surface area contributed by atoms with E-state index in [1.165, 1.54) is 0 Å². The van der Waals surface area contributed by atoms with Gasteiger partial charge in [-0.25, -0.2) is 0 Å². The molecule has 1 aromatic carbocycles. The third-order valence-electron chi connectivity index (χ3n) is 4.16. The number of amides is 1. The molecule has 1 aliphatic carbocycles. The van der Waals surface area contributed by atoms with Crippen molar-refractivity contribution in [2.75, 3.05) is 6.61 Å². The van der Waals surface area contributed by atoms with Crippen LogP contribution in [0.2, 0.25) is 0 Å². The Kier molecular flexibility index (Phi) is 2.44. The number of H-pyrrole nitrogens is 1. The quantitative estimate of drug-likeness (QED) is 0.892. The lowest BCUT2D eigenvalue weighted by atomic mass is 9.78. The standard InChI is InChI=1S/C15H15N3O2/c19-14(17-15-6-11(7-15)20-9-15)12-8-16-18-13(12)10-4-2-1-3-5-10/h1-5,8,11H,6-7,9H2,(H,16,18)(H,17,19). The molecule has 3 heterocycles. The Bertz CT molecular complexity index is 639. The van der Waals surface area contributed by atoms with Crippen LogP contribution in [0.4, 0.5) is 0 Å². The molecule has 2 aromatic rings. The molecule has 0 radical (unpaired) electrons. The first-order chi connectivity index (χ1) is 9.76. The normalized spacial score (nSPS) is 27.1. The number of benzene rings is 1. The van der Waals surface area contributed by atoms with Crippen molar-refractivity contribution in [2.45, 2.75) is 24.5 Å². The summed E-state index contributed by atoms with van der Waals surface area (Å²) < 4.78 is 5.53. The highest BCUT2D eigenvalue weighted by Crippen LogP contribution is 2.42. The van der Waals surface area contributed by atoms with Gasteiger partial charge < -0.3 is 10.1 Å². The summed E-state index contributed by atoms with van der Waals surface area (Å²) in [5.74, 6) is -0.0819. The molecule has 3 aliphatic rings. The van der Waals surface area contributed by atoms with E-state index in [4.69, 9.17) is 4.74 Å². The van der Waals surface area contributed by atoms with Gasteiger partial charge >= 0.3 is 0 Å². The van der Waals surface area contributed by atoms with Gasteiger partial charge in [-0.15, -0.1) is 0 Å². The van der Waals surface area contributed by atoms with Crippen LogP contribution in [0.1, 0.15) is 23.2 Å². The molecule has 5 nitrogen and oxygen atoms in total. The molecule has 2 saturated heterocycles. The van der Waals surface area contributed by atoms with Gasteiger partial charge in [-0.1, -0.05) is 30.3 Å². The second-order valence-corrected chi connectivity index (χ2v) is 5.60. The zero-order valence-electron chi connectivity index (χ0n) is 10.9. The van der Waals surface area contributed by atoms with E-state index in [2.05, 4.69) is 15.5 Å². The van der Waals surface area contributed by atoms with E-state index in [-0.39, 0.29) is 11.4 Å². The Morgan fingerprint density at radius 3 is 2.85 bits per heavy atom. The third-order valence-corrected chi connectivity index (χ3v) is 4.16. The molecule has 1 saturated carbocycles. The number of nitrogens with zero attached hydrogens (tertiary/aromatic N) is 1. The average molecular weight is 269 g/mol. The first-order valence-corrected chi connectivity index (χ1v) is 6.79. The molecular weight excluding hydrogens is 254 g/mol. The van der Waals surface area contributed by atoms with Crippen molar-refractivity contribution in [1.29, 1.82) is 0 Å². The van der Waals surface area contributed by atoms with Gasteiger partial charge in [0.15, 0.2) is 0 Å². The van der Waals surface area contributed by atoms with Crippen LogP contribution in [0.5, 0.6) is 0 Å². The van der Waals surface area contributed by atoms with Crippen molar-refractivity contribution in [3.63, 3.8) is 0 Å². The Balaban J connectivity index is 1.60. The van der Waals surface area contributed by atoms with Crippen molar-refractivity contribution >= 4 is 5.91 Å². The summed E-state index contributed by atoms with van der Waals surface area (Å²) in [7, 11) is 0. The van der Waals surface area contributed by atoms with E-state index < -0.39 is 0 Å². The number of ether oxygens (including phenoxy) is 1. The van der Waals surface area contributed by atoms with Gasteiger partial charge in [-0.2, -0.15) is 5.10 Å². The van der Waals surface area contributed by atoms with Crippen LogP contribution in [0, 0.1) is 0 Å². The van der Waals surface area contributed by atoms with Gasteiger partial charge in [0.25, 0.3) is 5.91 Å². The van der Waals surface area contributed by atoms with Crippen molar-refractivity contribution in [3.05, 3.63) is 42.1 Å². The van der Waals surface area contributed by atoms with Crippen LogP contribution in [0.15, 0.2) is 36.5 Å². The predicted molar refractivity (Wildman–Crippen MR) is 73.2 cm³/mol. The van der Waals surface area contributed by atoms with Gasteiger partial charge in [-0.3, -0.25) is 9.89 Å². The third kappa shape index (κ3) is 1.74. The number of fused-ring (bicyclic) bond motifs is 1. The molecule has 5 heteroatoms. The second kappa shape index (κ2) is 4.18. The number of carbonyl (C=O) groups is 1. The second-order valence-electron chi connectivity index (χ2n) is 5.60. The highest BCUT2D eigenvalue weighted by atomic mass is 16.5. The number of aromatic amines is 1. The van der Waals surface area contributed by atoms with E-state index in [0.29, 0.717) is 18.3 Å². The van der Waals surface area contributed by atoms with Gasteiger partial charge in [0, 0.05) is 5.56 Å². The Morgan fingerprint density at radius 1 is 1.35 bits per heavy atom. The lowest BCUT2D eigenvalue weighted by molar-refractivity contribution is 0.0855. The van der Waals surface area contributed by atoms with Gasteiger partial charge in [0.1, 0.15) is 0 Å². The van der Waals surface area contributed by atoms with E-state index in [1.54, 1.807) is 6.20 Å². The lowest BCUT2D eigenvalue weighted by Gasteiger charge is -2.36. The van der Waals surface area contributed by atoms with Crippen LogP contribution < -0.4 is 5.32 Å². The number of carbonyl (C=O) groups excluding carboxylic acids is 1. The smallest absolute Gasteiger partial charge is 0.255 e. The summed E-state index contributed by atoms with van der Waals surface area (Å²) in [5, 5.41) is 10.0. The first-order valence-electron chi connectivity index (χ1n) is 6.79. The summed E-state index contributed by atoms with van der Waals surface area (Å²) in [6, 6.07) is 9.75. The zero-order valence-corrected chi connectivity index (χ0v) is 10.9. The fourth-order valence-corrected chi connectivity index (χ4v) is 3.05. The Labute approximate surface area is 116 Å². The summed E-state index contributed by atoms with van der Waals surface area (Å²) >= 11 is 0. The molecular formula is C15H15N3O2. The highest BCUT2D eigenvalue weighted by Gasteiger charge is 2.53. The molecule has 0 spiro atoms. The molecule has 2 N–H and O–H groups in total. The topological polar surface area (TPSA) is 67.0 Å². The minimum Gasteiger partial charge on any atom is -0.376 e. The minimum absolute atomic E-state index is 0.0819. The molecule has 1 amide bonds. The molecule has 2 bridgehead atoms. The number of hydrogen-bond donors (Lipinski definition) is 2. The van der Waals surface area contributed by atoms with E-state index in [9.17, 15) is 4.79 Å². The predicted octanol–water partition coefficient (Wildman–Crippen LogP) is 1.74. The van der Waals surface area contributed by atoms with Crippen LogP contribution in [-0.4, -0.2) is 34.4 Å². The summed E-state index contributed by atoms with van der Waals surface area (Å²) in [5.41, 5.74) is 2.16. The molecule has 0 atom stereocenters. The molecule has 102 valence electrons. The number of aromatic nitrogens is 2. The lowest BCUT2D eigenvalue weighted by Crippen LogP contribution is -2.54. The number of rotatable bonds is 3. The van der Waals surface area contributed by atoms with Crippen LogP contribution in [0.3, 0.4) is 0 Å². The van der Waals surface area contributed by atoms with Crippen molar-refractivity contribution in [1.82, 2.24) is 15.5 Å². The van der Waals surface area contributed by atoms with Crippen molar-refractivity contribution in [3.8, 4) is 11.3 Å². The van der Waals surface area contributed by atoms with Gasteiger partial charge in [0.2, 0.25) is 0 Å². The monoisotopic (exact) mass is 269 g/mol. The van der Waals surface area contributed by atoms with Gasteiger partial charge in [-0.05, 0) is 12.8 Å². The molecule has 3 fully saturated rings. The van der Waals surface area contributed by atoms with Crippen LogP contribution in [-0.2, 0) is 4.74 Å². The van der Waals surface area contributed by atoms with Crippen LogP contribution in [0.25, 0.3) is 11.3 Å². The fourth-order valence-electron chi connectivity index (χ4n) is 3.05. The molecule has 2 aliphatic heterocycles. The highest BCUT2D eigenvalue weighted by molar-refractivity contribution is 6.00. The largest absolute Gasteiger partial charge is 0.376 e. The molecule has 5 rings (SSSR count). The minimum atomic E-state index is -0.146. The summed E-state index contributed by atoms with van der Waals surface area (Å²) in [6.07, 6.45) is 3.78. The van der Waals surface area contributed by atoms with E-state index in [0.717, 1.165) is 24.1 Å². The summed E-state index contributed by atoms with van der Waals surface area (Å²) in [6.45, 7) is 0.627. The Hall–Kier alpha value is -2.14. The summed E-state index contributed by atoms with van der Waals surface area (Å²) in [4.78, 5) is 12.5. The molecule has 20 heavy (non-hydrogen) atoms. The number of nitrogens with one attached hydrogen (secondary N) is 2. The van der Waals surface area contributed by atoms with Crippen molar-refractivity contribution in [2.24, 2.45) is 0 Å². The number of hydrogen-bond acceptors (Lipinski definition) is 3. The zero-order chi connectivity index (χ0) is 13.6. The maximum atomic E-state index is 12.5. The SMILES string of the molecule is O=C(NC12COC(C1)C2)c1cn[nH]c1-c1ccccc1. The van der Waals surface area contributed by atoms with E-state index in [1.807, 2.05) is 30.3 Å². The first kappa shape index (κ1) is 11.7.